The number of nitrogens with one attached hydrogen (secondary N) is 1. The molecule has 2 aromatic heterocycles. The van der Waals surface area contributed by atoms with E-state index in [4.69, 9.17) is 35.9 Å². The van der Waals surface area contributed by atoms with Gasteiger partial charge in [-0.3, -0.25) is 4.57 Å². The van der Waals surface area contributed by atoms with E-state index in [1.165, 1.54) is 24.7 Å². The van der Waals surface area contributed by atoms with Crippen molar-refractivity contribution in [2.24, 2.45) is 11.3 Å². The second-order valence-electron chi connectivity index (χ2n) is 14.7. The Balaban J connectivity index is 1.55. The summed E-state index contributed by atoms with van der Waals surface area (Å²) in [6, 6.07) is 5.60. The summed E-state index contributed by atoms with van der Waals surface area (Å²) < 4.78 is 22.0. The van der Waals surface area contributed by atoms with Gasteiger partial charge in [-0.05, 0) is 42.7 Å². The number of carbonyl (C=O) groups is 1. The molecule has 2 aliphatic rings. The van der Waals surface area contributed by atoms with Crippen molar-refractivity contribution in [2.45, 2.75) is 91.0 Å². The molecule has 1 amide bonds. The number of amides is 1. The number of hydrogen-bond donors (Lipinski definition) is 1. The predicted octanol–water partition coefficient (Wildman–Crippen LogP) is 7.02. The van der Waals surface area contributed by atoms with Crippen LogP contribution in [-0.4, -0.2) is 61.8 Å². The second-order valence-corrected chi connectivity index (χ2v) is 26.3. The molecule has 1 saturated carbocycles. The number of hydrogen-bond acceptors (Lipinski definition) is 6. The van der Waals surface area contributed by atoms with E-state index in [2.05, 4.69) is 56.2 Å². The van der Waals surface area contributed by atoms with Crippen LogP contribution in [0.25, 0.3) is 22.6 Å². The number of fused-ring (bicyclic) bond motifs is 3. The lowest BCUT2D eigenvalue weighted by molar-refractivity contribution is 0.0756. The van der Waals surface area contributed by atoms with Crippen molar-refractivity contribution < 1.29 is 19.0 Å². The van der Waals surface area contributed by atoms with Gasteiger partial charge in [0.2, 0.25) is 0 Å². The Labute approximate surface area is 256 Å². The molecular weight excluding hydrogens is 586 g/mol. The maximum atomic E-state index is 12.0. The summed E-state index contributed by atoms with van der Waals surface area (Å²) in [6.07, 6.45) is 2.65. The predicted molar refractivity (Wildman–Crippen MR) is 173 cm³/mol. The zero-order chi connectivity index (χ0) is 30.4. The maximum absolute atomic E-state index is 12.0. The third-order valence-electron chi connectivity index (χ3n) is 8.56. The van der Waals surface area contributed by atoms with E-state index >= 15 is 0 Å². The summed E-state index contributed by atoms with van der Waals surface area (Å²) in [6.45, 7) is 18.6. The van der Waals surface area contributed by atoms with Gasteiger partial charge in [-0.1, -0.05) is 57.8 Å². The van der Waals surface area contributed by atoms with Crippen molar-refractivity contribution >= 4 is 44.9 Å². The molecule has 1 fully saturated rings. The molecule has 1 N–H and O–H groups in total. The van der Waals surface area contributed by atoms with Crippen LogP contribution in [0.1, 0.15) is 24.6 Å². The summed E-state index contributed by atoms with van der Waals surface area (Å²) in [4.78, 5) is 17.0. The lowest BCUT2D eigenvalue weighted by atomic mass is 9.87. The Kier molecular flexibility index (Phi) is 8.72. The fourth-order valence-electron chi connectivity index (χ4n) is 5.65. The highest BCUT2D eigenvalue weighted by atomic mass is 35.5. The van der Waals surface area contributed by atoms with Crippen LogP contribution in [0.4, 0.5) is 4.79 Å². The number of carbonyl (C=O) groups excluding carboxylic acids is 1. The van der Waals surface area contributed by atoms with Gasteiger partial charge in [0.25, 0.3) is 0 Å². The first-order valence-electron chi connectivity index (χ1n) is 15.0. The Morgan fingerprint density at radius 2 is 1.76 bits per heavy atom. The number of ether oxygens (including phenoxy) is 3. The van der Waals surface area contributed by atoms with Crippen molar-refractivity contribution in [2.75, 3.05) is 20.3 Å². The summed E-state index contributed by atoms with van der Waals surface area (Å²) in [5.41, 5.74) is 5.08. The largest absolute Gasteiger partial charge is 0.412 e. The molecule has 0 bridgehead atoms. The van der Waals surface area contributed by atoms with E-state index < -0.39 is 22.2 Å². The van der Waals surface area contributed by atoms with E-state index in [9.17, 15) is 4.79 Å². The summed E-state index contributed by atoms with van der Waals surface area (Å²) in [5, 5.41) is 8.05. The van der Waals surface area contributed by atoms with Crippen molar-refractivity contribution in [3.05, 3.63) is 28.4 Å². The number of aromatic nitrogens is 4. The lowest BCUT2D eigenvalue weighted by Crippen LogP contribution is -2.23. The molecule has 1 aromatic carbocycles. The van der Waals surface area contributed by atoms with Gasteiger partial charge in [-0.2, -0.15) is 5.10 Å². The van der Waals surface area contributed by atoms with Crippen LogP contribution in [0.15, 0.2) is 12.1 Å². The Morgan fingerprint density at radius 1 is 1.10 bits per heavy atom. The van der Waals surface area contributed by atoms with Gasteiger partial charge in [0.05, 0.1) is 10.5 Å². The summed E-state index contributed by atoms with van der Waals surface area (Å²) in [7, 11) is -0.936. The highest BCUT2D eigenvalue weighted by molar-refractivity contribution is 6.76. The molecule has 0 spiro atoms. The second kappa shape index (κ2) is 11.7. The van der Waals surface area contributed by atoms with E-state index in [0.29, 0.717) is 47.7 Å². The van der Waals surface area contributed by atoms with Crippen LogP contribution in [-0.2, 0) is 35.8 Å². The van der Waals surface area contributed by atoms with Gasteiger partial charge >= 0.3 is 6.09 Å². The monoisotopic (exact) mass is 631 g/mol. The number of halogens is 1. The van der Waals surface area contributed by atoms with Crippen molar-refractivity contribution in [3.8, 4) is 17.3 Å². The van der Waals surface area contributed by atoms with Crippen LogP contribution in [0.2, 0.25) is 56.4 Å². The van der Waals surface area contributed by atoms with Gasteiger partial charge < -0.3 is 19.5 Å². The van der Waals surface area contributed by atoms with E-state index in [0.717, 1.165) is 48.6 Å². The lowest BCUT2D eigenvalue weighted by Gasteiger charge is -2.20. The van der Waals surface area contributed by atoms with Gasteiger partial charge in [-0.25, -0.2) is 14.5 Å². The first kappa shape index (κ1) is 31.2. The Bertz CT molecular complexity index is 1480. The van der Waals surface area contributed by atoms with Crippen molar-refractivity contribution in [1.82, 2.24) is 24.6 Å². The average molecular weight is 632 g/mol. The molecule has 42 heavy (non-hydrogen) atoms. The first-order chi connectivity index (χ1) is 19.7. The molecule has 0 aliphatic heterocycles. The van der Waals surface area contributed by atoms with Crippen LogP contribution in [0, 0.1) is 11.3 Å². The summed E-state index contributed by atoms with van der Waals surface area (Å²) in [5.74, 6) is 1.73. The van der Waals surface area contributed by atoms with Gasteiger partial charge in [0.1, 0.15) is 30.4 Å². The Morgan fingerprint density at radius 3 is 2.40 bits per heavy atom. The van der Waals surface area contributed by atoms with E-state index in [1.54, 1.807) is 12.1 Å². The molecule has 2 aliphatic carbocycles. The fourth-order valence-corrected chi connectivity index (χ4v) is 7.41. The van der Waals surface area contributed by atoms with E-state index in [-0.39, 0.29) is 0 Å². The normalized spacial score (nSPS) is 20.0. The first-order valence-corrected chi connectivity index (χ1v) is 22.8. The molecule has 12 heteroatoms. The molecule has 3 aromatic rings. The number of nitrogens with zero attached hydrogens (tertiary/aromatic N) is 4. The standard InChI is InChI=1S/C30H46ClN5O4Si2/c1-30-16-20(30)13-22-25(17-30)36(19-39-10-12-42(6,7)8)34-26(22)28-33-27-23(31)14-21(40-29(37)32-2)15-24(27)35(28)18-38-9-11-41(3,4)5/h14-15,20H,9-13,16-19H2,1-8H3,(H,32,37)/t20-,30-/m1/s1. The number of rotatable bonds is 12. The zero-order valence-electron chi connectivity index (χ0n) is 26.4. The van der Waals surface area contributed by atoms with Crippen LogP contribution < -0.4 is 10.1 Å². The van der Waals surface area contributed by atoms with Crippen molar-refractivity contribution in [3.63, 3.8) is 0 Å². The topological polar surface area (TPSA) is 92.4 Å². The summed E-state index contributed by atoms with van der Waals surface area (Å²) >= 11 is 6.74. The van der Waals surface area contributed by atoms with Gasteiger partial charge in [0, 0.05) is 59.8 Å². The highest BCUT2D eigenvalue weighted by Crippen LogP contribution is 2.60. The van der Waals surface area contributed by atoms with Crippen LogP contribution in [0.5, 0.6) is 5.75 Å². The molecule has 9 nitrogen and oxygen atoms in total. The third kappa shape index (κ3) is 6.96. The molecule has 0 unspecified atom stereocenters. The van der Waals surface area contributed by atoms with Crippen molar-refractivity contribution in [1.29, 1.82) is 0 Å². The van der Waals surface area contributed by atoms with Gasteiger partial charge in [-0.15, -0.1) is 0 Å². The highest BCUT2D eigenvalue weighted by Gasteiger charge is 2.54. The molecule has 2 heterocycles. The average Bonchev–Trinajstić information content (AvgIpc) is 3.24. The SMILES string of the molecule is CNC(=O)Oc1cc(Cl)c2nc(-c3nn(COCC[Si](C)(C)C)c4c3C[C@@H]3C[C@]3(C)C4)n(COCC[Si](C)(C)C)c2c1. The molecule has 2 atom stereocenters. The number of imidazole rings is 1. The van der Waals surface area contributed by atoms with E-state index in [1.807, 2.05) is 4.57 Å². The van der Waals surface area contributed by atoms with Crippen LogP contribution >= 0.6 is 11.6 Å². The third-order valence-corrected chi connectivity index (χ3v) is 12.3. The number of benzene rings is 1. The minimum atomic E-state index is -1.27. The van der Waals surface area contributed by atoms with Crippen LogP contribution in [0.3, 0.4) is 0 Å². The molecule has 0 radical (unpaired) electrons. The molecule has 230 valence electrons. The Hall–Kier alpha value is -2.19. The molecule has 5 rings (SSSR count). The molecule has 0 saturated heterocycles. The minimum absolute atomic E-state index is 0.297. The smallest absolute Gasteiger partial charge is 0.410 e. The van der Waals surface area contributed by atoms with Gasteiger partial charge in [0.15, 0.2) is 5.82 Å². The minimum Gasteiger partial charge on any atom is -0.410 e. The fraction of sp³-hybridized carbons (Fsp3) is 0.633. The quantitative estimate of drug-likeness (QED) is 0.171. The zero-order valence-corrected chi connectivity index (χ0v) is 29.2. The molecular formula is C30H46ClN5O4Si2. The maximum Gasteiger partial charge on any atom is 0.412 e.